The Morgan fingerprint density at radius 3 is 2.25 bits per heavy atom. The summed E-state index contributed by atoms with van der Waals surface area (Å²) in [6.07, 6.45) is 1.61. The SMILES string of the molecule is CC[CH]C(=O)OC(=O)C(Cl)(Cl)Cl. The molecule has 1 radical (unpaired) electrons. The Hall–Kier alpha value is 0.01000. The predicted octanol–water partition coefficient (Wildman–Crippen LogP) is 2.04. The number of carbonyl (C=O) groups is 2. The largest absolute Gasteiger partial charge is 0.390 e. The van der Waals surface area contributed by atoms with E-state index in [1.807, 2.05) is 0 Å². The van der Waals surface area contributed by atoms with Gasteiger partial charge in [-0.2, -0.15) is 0 Å². The Balaban J connectivity index is 3.94. The molecule has 0 aromatic rings. The highest BCUT2D eigenvalue weighted by atomic mass is 35.6. The van der Waals surface area contributed by atoms with Crippen LogP contribution in [0.3, 0.4) is 0 Å². The lowest BCUT2D eigenvalue weighted by atomic mass is 10.3. The van der Waals surface area contributed by atoms with E-state index in [2.05, 4.69) is 4.74 Å². The topological polar surface area (TPSA) is 43.4 Å². The summed E-state index contributed by atoms with van der Waals surface area (Å²) >= 11 is 15.4. The molecule has 0 atom stereocenters. The molecule has 0 saturated carbocycles. The number of hydrogen-bond acceptors (Lipinski definition) is 3. The van der Waals surface area contributed by atoms with Gasteiger partial charge in [-0.05, 0) is 6.42 Å². The Morgan fingerprint density at radius 1 is 1.42 bits per heavy atom. The first-order valence-corrected chi connectivity index (χ1v) is 4.17. The fraction of sp³-hybridized carbons (Fsp3) is 0.500. The van der Waals surface area contributed by atoms with Crippen LogP contribution in [-0.2, 0) is 14.3 Å². The summed E-state index contributed by atoms with van der Waals surface area (Å²) in [6.45, 7) is 1.71. The standard InChI is InChI=1S/C6H6Cl3O3/c1-2-3-4(10)12-5(11)6(7,8)9/h3H,2H2,1H3. The molecule has 0 aromatic heterocycles. The maximum Gasteiger partial charge on any atom is 0.366 e. The second-order valence-electron chi connectivity index (χ2n) is 1.82. The summed E-state index contributed by atoms with van der Waals surface area (Å²) in [7, 11) is 0. The number of alkyl halides is 3. The molecule has 0 aliphatic carbocycles. The fourth-order valence-corrected chi connectivity index (χ4v) is 0.473. The summed E-state index contributed by atoms with van der Waals surface area (Å²) in [5, 5.41) is 0. The molecule has 0 saturated heterocycles. The molecule has 0 heterocycles. The molecule has 0 spiro atoms. The molecule has 0 aliphatic rings. The molecular formula is C6H6Cl3O3. The number of esters is 2. The van der Waals surface area contributed by atoms with Crippen LogP contribution in [0.15, 0.2) is 0 Å². The van der Waals surface area contributed by atoms with Crippen LogP contribution in [0.5, 0.6) is 0 Å². The molecule has 69 valence electrons. The molecule has 0 fully saturated rings. The van der Waals surface area contributed by atoms with Gasteiger partial charge in [0.25, 0.3) is 3.79 Å². The minimum absolute atomic E-state index is 0.450. The summed E-state index contributed by atoms with van der Waals surface area (Å²) in [5.41, 5.74) is 0. The average Bonchev–Trinajstić information content (AvgIpc) is 1.85. The quantitative estimate of drug-likeness (QED) is 0.416. The van der Waals surface area contributed by atoms with Crippen LogP contribution in [0.25, 0.3) is 0 Å². The fourth-order valence-electron chi connectivity index (χ4n) is 0.358. The minimum atomic E-state index is -2.20. The third-order valence-electron chi connectivity index (χ3n) is 0.796. The van der Waals surface area contributed by atoms with Gasteiger partial charge in [0, 0.05) is 0 Å². The van der Waals surface area contributed by atoms with E-state index in [-0.39, 0.29) is 0 Å². The van der Waals surface area contributed by atoms with Gasteiger partial charge in [-0.25, -0.2) is 4.79 Å². The van der Waals surface area contributed by atoms with E-state index in [0.29, 0.717) is 6.42 Å². The van der Waals surface area contributed by atoms with Crippen molar-refractivity contribution in [2.45, 2.75) is 17.1 Å². The molecular weight excluding hydrogens is 226 g/mol. The molecule has 0 aliphatic heterocycles. The first-order valence-electron chi connectivity index (χ1n) is 3.04. The Bertz CT molecular complexity index is 185. The summed E-state index contributed by atoms with van der Waals surface area (Å²) < 4.78 is 1.93. The van der Waals surface area contributed by atoms with Crippen molar-refractivity contribution in [1.29, 1.82) is 0 Å². The molecule has 3 nitrogen and oxygen atoms in total. The van der Waals surface area contributed by atoms with Crippen molar-refractivity contribution in [2.75, 3.05) is 0 Å². The zero-order valence-electron chi connectivity index (χ0n) is 6.14. The molecule has 0 aromatic carbocycles. The molecule has 12 heavy (non-hydrogen) atoms. The van der Waals surface area contributed by atoms with Gasteiger partial charge in [-0.15, -0.1) is 0 Å². The molecule has 6 heteroatoms. The number of ether oxygens (including phenoxy) is 1. The van der Waals surface area contributed by atoms with Gasteiger partial charge in [0.15, 0.2) is 0 Å². The van der Waals surface area contributed by atoms with Crippen molar-refractivity contribution >= 4 is 46.7 Å². The third-order valence-corrected chi connectivity index (χ3v) is 1.26. The van der Waals surface area contributed by atoms with Crippen LogP contribution >= 0.6 is 34.8 Å². The summed E-state index contributed by atoms with van der Waals surface area (Å²) in [5.74, 6) is -2.00. The van der Waals surface area contributed by atoms with E-state index < -0.39 is 15.7 Å². The summed E-state index contributed by atoms with van der Waals surface area (Å²) in [4.78, 5) is 21.3. The monoisotopic (exact) mass is 231 g/mol. The lowest BCUT2D eigenvalue weighted by Gasteiger charge is -2.07. The smallest absolute Gasteiger partial charge is 0.366 e. The van der Waals surface area contributed by atoms with Crippen molar-refractivity contribution in [3.05, 3.63) is 6.42 Å². The van der Waals surface area contributed by atoms with Crippen molar-refractivity contribution in [3.8, 4) is 0 Å². The lowest BCUT2D eigenvalue weighted by molar-refractivity contribution is -0.156. The first-order chi connectivity index (χ1) is 5.38. The minimum Gasteiger partial charge on any atom is -0.390 e. The van der Waals surface area contributed by atoms with Gasteiger partial charge < -0.3 is 4.74 Å². The second kappa shape index (κ2) is 4.90. The number of hydrogen-bond donors (Lipinski definition) is 0. The summed E-state index contributed by atoms with van der Waals surface area (Å²) in [6, 6.07) is 0. The van der Waals surface area contributed by atoms with Crippen LogP contribution in [0.2, 0.25) is 0 Å². The first kappa shape index (κ1) is 12.0. The van der Waals surface area contributed by atoms with Crippen LogP contribution in [0.1, 0.15) is 13.3 Å². The highest BCUT2D eigenvalue weighted by molar-refractivity contribution is 6.75. The second-order valence-corrected chi connectivity index (χ2v) is 4.10. The van der Waals surface area contributed by atoms with E-state index in [1.165, 1.54) is 0 Å². The molecule has 0 unspecified atom stereocenters. The van der Waals surface area contributed by atoms with E-state index in [1.54, 1.807) is 6.92 Å². The molecule has 0 rings (SSSR count). The van der Waals surface area contributed by atoms with E-state index >= 15 is 0 Å². The van der Waals surface area contributed by atoms with Crippen molar-refractivity contribution < 1.29 is 14.3 Å². The third kappa shape index (κ3) is 4.80. The van der Waals surface area contributed by atoms with Crippen LogP contribution in [0.4, 0.5) is 0 Å². The highest BCUT2D eigenvalue weighted by Gasteiger charge is 2.34. The molecule has 0 amide bonds. The Kier molecular flexibility index (Phi) is 4.90. The highest BCUT2D eigenvalue weighted by Crippen LogP contribution is 2.27. The van der Waals surface area contributed by atoms with Gasteiger partial charge >= 0.3 is 11.9 Å². The Labute approximate surface area is 84.9 Å². The number of halogens is 3. The molecule has 0 bridgehead atoms. The predicted molar refractivity (Wildman–Crippen MR) is 46.0 cm³/mol. The zero-order valence-corrected chi connectivity index (χ0v) is 8.41. The maximum atomic E-state index is 10.7. The van der Waals surface area contributed by atoms with Crippen LogP contribution in [-0.4, -0.2) is 15.7 Å². The van der Waals surface area contributed by atoms with E-state index in [0.717, 1.165) is 6.42 Å². The van der Waals surface area contributed by atoms with Gasteiger partial charge in [-0.1, -0.05) is 41.7 Å². The van der Waals surface area contributed by atoms with Gasteiger partial charge in [0.05, 0.1) is 6.42 Å². The maximum absolute atomic E-state index is 10.7. The number of carbonyl (C=O) groups excluding carboxylic acids is 2. The normalized spacial score (nSPS) is 11.0. The van der Waals surface area contributed by atoms with Crippen LogP contribution in [0, 0.1) is 6.42 Å². The lowest BCUT2D eigenvalue weighted by Crippen LogP contribution is -2.25. The molecule has 0 N–H and O–H groups in total. The van der Waals surface area contributed by atoms with Gasteiger partial charge in [-0.3, -0.25) is 4.79 Å². The zero-order chi connectivity index (χ0) is 9.78. The van der Waals surface area contributed by atoms with E-state index in [9.17, 15) is 9.59 Å². The van der Waals surface area contributed by atoms with Gasteiger partial charge in [0.1, 0.15) is 0 Å². The van der Waals surface area contributed by atoms with Crippen molar-refractivity contribution in [3.63, 3.8) is 0 Å². The van der Waals surface area contributed by atoms with Crippen molar-refractivity contribution in [2.24, 2.45) is 0 Å². The van der Waals surface area contributed by atoms with Gasteiger partial charge in [0.2, 0.25) is 0 Å². The Morgan fingerprint density at radius 2 is 1.92 bits per heavy atom. The van der Waals surface area contributed by atoms with Crippen molar-refractivity contribution in [1.82, 2.24) is 0 Å². The number of rotatable bonds is 2. The average molecular weight is 232 g/mol. The van der Waals surface area contributed by atoms with Crippen LogP contribution < -0.4 is 0 Å². The van der Waals surface area contributed by atoms with E-state index in [4.69, 9.17) is 34.8 Å².